The fraction of sp³-hybridized carbons (Fsp3) is 0.579. The number of amides is 1. The molecular formula is C19H27N5O2. The predicted octanol–water partition coefficient (Wildman–Crippen LogP) is 2.32. The molecule has 0 unspecified atom stereocenters. The van der Waals surface area contributed by atoms with Gasteiger partial charge in [0.05, 0.1) is 23.5 Å². The quantitative estimate of drug-likeness (QED) is 0.836. The van der Waals surface area contributed by atoms with E-state index in [0.29, 0.717) is 12.5 Å². The number of carbonyl (C=O) groups excluding carboxylic acids is 1. The smallest absolute Gasteiger partial charge is 0.236 e. The Morgan fingerprint density at radius 3 is 2.50 bits per heavy atom. The van der Waals surface area contributed by atoms with Crippen molar-refractivity contribution in [3.63, 3.8) is 0 Å². The molecule has 1 fully saturated rings. The third-order valence-corrected chi connectivity index (χ3v) is 5.01. The number of rotatable bonds is 4. The van der Waals surface area contributed by atoms with Gasteiger partial charge in [-0.05, 0) is 52.8 Å². The number of likely N-dealkylation sites (tertiary alicyclic amines) is 1. The van der Waals surface area contributed by atoms with Crippen LogP contribution in [0, 0.1) is 20.8 Å². The van der Waals surface area contributed by atoms with Gasteiger partial charge in [-0.1, -0.05) is 5.16 Å². The molecule has 1 saturated heterocycles. The van der Waals surface area contributed by atoms with Gasteiger partial charge >= 0.3 is 0 Å². The molecule has 2 aromatic rings. The summed E-state index contributed by atoms with van der Waals surface area (Å²) in [5.74, 6) is 2.09. The van der Waals surface area contributed by atoms with Crippen LogP contribution in [0.1, 0.15) is 41.7 Å². The first-order chi connectivity index (χ1) is 12.3. The van der Waals surface area contributed by atoms with Gasteiger partial charge in [-0.2, -0.15) is 0 Å². The van der Waals surface area contributed by atoms with Gasteiger partial charge < -0.3 is 9.42 Å². The van der Waals surface area contributed by atoms with Crippen molar-refractivity contribution in [3.8, 4) is 11.3 Å². The summed E-state index contributed by atoms with van der Waals surface area (Å²) in [6, 6.07) is 2.07. The normalized spacial score (nSPS) is 16.0. The molecule has 7 heteroatoms. The molecule has 0 atom stereocenters. The van der Waals surface area contributed by atoms with Crippen LogP contribution in [0.25, 0.3) is 11.3 Å². The molecule has 0 radical (unpaired) electrons. The minimum Gasteiger partial charge on any atom is -0.361 e. The molecule has 0 bridgehead atoms. The van der Waals surface area contributed by atoms with E-state index in [-0.39, 0.29) is 5.91 Å². The molecule has 0 saturated carbocycles. The van der Waals surface area contributed by atoms with Crippen LogP contribution in [0.2, 0.25) is 0 Å². The predicted molar refractivity (Wildman–Crippen MR) is 98.8 cm³/mol. The van der Waals surface area contributed by atoms with Gasteiger partial charge in [-0.15, -0.1) is 0 Å². The first kappa shape index (κ1) is 18.5. The molecule has 1 amide bonds. The number of aromatic nitrogens is 3. The third kappa shape index (κ3) is 3.93. The Morgan fingerprint density at radius 1 is 1.23 bits per heavy atom. The summed E-state index contributed by atoms with van der Waals surface area (Å²) < 4.78 is 5.29. The largest absolute Gasteiger partial charge is 0.361 e. The highest BCUT2D eigenvalue weighted by atomic mass is 16.5. The zero-order valence-corrected chi connectivity index (χ0v) is 16.2. The van der Waals surface area contributed by atoms with Gasteiger partial charge in [0.15, 0.2) is 0 Å². The topological polar surface area (TPSA) is 75.4 Å². The maximum absolute atomic E-state index is 11.9. The zero-order chi connectivity index (χ0) is 18.8. The molecule has 0 aromatic carbocycles. The molecule has 3 heterocycles. The summed E-state index contributed by atoms with van der Waals surface area (Å²) in [7, 11) is 3.60. The van der Waals surface area contributed by atoms with E-state index in [2.05, 4.69) is 26.1 Å². The van der Waals surface area contributed by atoms with Crippen LogP contribution >= 0.6 is 0 Å². The Morgan fingerprint density at radius 2 is 1.92 bits per heavy atom. The highest BCUT2D eigenvalue weighted by Gasteiger charge is 2.25. The molecule has 140 valence electrons. The lowest BCUT2D eigenvalue weighted by Crippen LogP contribution is -2.40. The number of aryl methyl sites for hydroxylation is 3. The Labute approximate surface area is 154 Å². The molecule has 1 aliphatic rings. The van der Waals surface area contributed by atoms with E-state index >= 15 is 0 Å². The fourth-order valence-electron chi connectivity index (χ4n) is 3.50. The van der Waals surface area contributed by atoms with Crippen molar-refractivity contribution in [3.05, 3.63) is 29.0 Å². The average Bonchev–Trinajstić information content (AvgIpc) is 2.93. The number of hydrogen-bond donors (Lipinski definition) is 0. The van der Waals surface area contributed by atoms with Crippen LogP contribution in [0.15, 0.2) is 10.6 Å². The Hall–Kier alpha value is -2.28. The SMILES string of the molecule is Cc1nc(-c2c(C)noc2C)cc(C2CCN(CC(=O)N(C)C)CC2)n1. The molecule has 0 aliphatic carbocycles. The number of carbonyl (C=O) groups is 1. The minimum absolute atomic E-state index is 0.155. The van der Waals surface area contributed by atoms with E-state index in [1.54, 1.807) is 19.0 Å². The van der Waals surface area contributed by atoms with Gasteiger partial charge in [0.2, 0.25) is 5.91 Å². The molecule has 7 nitrogen and oxygen atoms in total. The van der Waals surface area contributed by atoms with E-state index in [1.165, 1.54) is 0 Å². The number of likely N-dealkylation sites (N-methyl/N-ethyl adjacent to an activating group) is 1. The van der Waals surface area contributed by atoms with Crippen LogP contribution in [-0.2, 0) is 4.79 Å². The molecule has 0 spiro atoms. The highest BCUT2D eigenvalue weighted by Crippen LogP contribution is 2.31. The second kappa shape index (κ2) is 7.53. The number of piperidine rings is 1. The van der Waals surface area contributed by atoms with Crippen molar-refractivity contribution in [2.24, 2.45) is 0 Å². The average molecular weight is 357 g/mol. The number of hydrogen-bond acceptors (Lipinski definition) is 6. The maximum Gasteiger partial charge on any atom is 0.236 e. The van der Waals surface area contributed by atoms with Gasteiger partial charge in [-0.25, -0.2) is 9.97 Å². The molecule has 3 rings (SSSR count). The van der Waals surface area contributed by atoms with E-state index in [0.717, 1.165) is 60.2 Å². The van der Waals surface area contributed by atoms with Crippen LogP contribution in [0.5, 0.6) is 0 Å². The third-order valence-electron chi connectivity index (χ3n) is 5.01. The fourth-order valence-corrected chi connectivity index (χ4v) is 3.50. The zero-order valence-electron chi connectivity index (χ0n) is 16.2. The Kier molecular flexibility index (Phi) is 5.36. The minimum atomic E-state index is 0.155. The van der Waals surface area contributed by atoms with Crippen LogP contribution in [-0.4, -0.2) is 64.6 Å². The standard InChI is InChI=1S/C19H27N5O2/c1-12-19(13(2)26-22-12)17-10-16(20-14(3)21-17)15-6-8-24(9-7-15)11-18(25)23(4)5/h10,15H,6-9,11H2,1-5H3. The van der Waals surface area contributed by atoms with Crippen LogP contribution < -0.4 is 0 Å². The maximum atomic E-state index is 11.9. The molecule has 2 aromatic heterocycles. The summed E-state index contributed by atoms with van der Waals surface area (Å²) in [6.45, 7) is 8.08. The van der Waals surface area contributed by atoms with Crippen molar-refractivity contribution >= 4 is 5.91 Å². The van der Waals surface area contributed by atoms with Crippen molar-refractivity contribution in [1.82, 2.24) is 24.9 Å². The number of nitrogens with zero attached hydrogens (tertiary/aromatic N) is 5. The van der Waals surface area contributed by atoms with Crippen molar-refractivity contribution in [2.75, 3.05) is 33.7 Å². The second-order valence-electron chi connectivity index (χ2n) is 7.26. The monoisotopic (exact) mass is 357 g/mol. The molecule has 1 aliphatic heterocycles. The second-order valence-corrected chi connectivity index (χ2v) is 7.26. The van der Waals surface area contributed by atoms with Gasteiger partial charge in [0, 0.05) is 25.7 Å². The van der Waals surface area contributed by atoms with E-state index in [9.17, 15) is 4.79 Å². The van der Waals surface area contributed by atoms with Crippen LogP contribution in [0.4, 0.5) is 0 Å². The Balaban J connectivity index is 1.74. The van der Waals surface area contributed by atoms with E-state index < -0.39 is 0 Å². The Bertz CT molecular complexity index is 772. The molecular weight excluding hydrogens is 330 g/mol. The summed E-state index contributed by atoms with van der Waals surface area (Å²) in [5.41, 5.74) is 3.77. The molecule has 0 N–H and O–H groups in total. The summed E-state index contributed by atoms with van der Waals surface area (Å²) in [6.07, 6.45) is 2.00. The van der Waals surface area contributed by atoms with Gasteiger partial charge in [-0.3, -0.25) is 9.69 Å². The van der Waals surface area contributed by atoms with E-state index in [4.69, 9.17) is 4.52 Å². The van der Waals surface area contributed by atoms with Crippen molar-refractivity contribution in [2.45, 2.75) is 39.5 Å². The highest BCUT2D eigenvalue weighted by molar-refractivity contribution is 5.77. The van der Waals surface area contributed by atoms with Crippen molar-refractivity contribution < 1.29 is 9.32 Å². The lowest BCUT2D eigenvalue weighted by atomic mass is 9.92. The van der Waals surface area contributed by atoms with Gasteiger partial charge in [0.25, 0.3) is 0 Å². The lowest BCUT2D eigenvalue weighted by molar-refractivity contribution is -0.130. The van der Waals surface area contributed by atoms with E-state index in [1.807, 2.05) is 20.8 Å². The molecule has 26 heavy (non-hydrogen) atoms. The first-order valence-electron chi connectivity index (χ1n) is 9.06. The summed E-state index contributed by atoms with van der Waals surface area (Å²) in [4.78, 5) is 25.0. The van der Waals surface area contributed by atoms with Crippen molar-refractivity contribution in [1.29, 1.82) is 0 Å². The summed E-state index contributed by atoms with van der Waals surface area (Å²) >= 11 is 0. The van der Waals surface area contributed by atoms with Gasteiger partial charge in [0.1, 0.15) is 11.6 Å². The lowest BCUT2D eigenvalue weighted by Gasteiger charge is -2.32. The van der Waals surface area contributed by atoms with Crippen LogP contribution in [0.3, 0.4) is 0 Å². The first-order valence-corrected chi connectivity index (χ1v) is 9.06. The summed E-state index contributed by atoms with van der Waals surface area (Å²) in [5, 5.41) is 4.04.